The highest BCUT2D eigenvalue weighted by Gasteiger charge is 2.35. The van der Waals surface area contributed by atoms with Gasteiger partial charge in [0.1, 0.15) is 5.69 Å². The summed E-state index contributed by atoms with van der Waals surface area (Å²) in [7, 11) is 1.21. The van der Waals surface area contributed by atoms with E-state index in [2.05, 4.69) is 0 Å². The Morgan fingerprint density at radius 3 is 2.33 bits per heavy atom. The van der Waals surface area contributed by atoms with Gasteiger partial charge in [-0.3, -0.25) is 14.4 Å². The Morgan fingerprint density at radius 1 is 1.13 bits per heavy atom. The third-order valence-corrected chi connectivity index (χ3v) is 6.08. The van der Waals surface area contributed by atoms with Gasteiger partial charge < -0.3 is 9.47 Å². The predicted octanol–water partition coefficient (Wildman–Crippen LogP) is 3.96. The van der Waals surface area contributed by atoms with E-state index >= 15 is 0 Å². The number of hydrogen-bond donors (Lipinski definition) is 0. The quantitative estimate of drug-likeness (QED) is 0.573. The van der Waals surface area contributed by atoms with Crippen LogP contribution in [0.2, 0.25) is 5.02 Å². The molecule has 2 amide bonds. The number of thiophene rings is 1. The van der Waals surface area contributed by atoms with Crippen LogP contribution in [0, 0.1) is 5.13 Å². The van der Waals surface area contributed by atoms with Crippen LogP contribution in [0.25, 0.3) is 0 Å². The number of nitrogens with zero attached hydrogens (tertiary/aromatic N) is 1. The van der Waals surface area contributed by atoms with Crippen molar-refractivity contribution >= 4 is 52.4 Å². The number of carbonyl (C=O) groups is 4. The average molecular weight is 460 g/mol. The molecule has 0 radical (unpaired) electrons. The van der Waals surface area contributed by atoms with Crippen molar-refractivity contribution < 1.29 is 33.0 Å². The minimum Gasteiger partial charge on any atom is -0.466 e. The highest BCUT2D eigenvalue weighted by molar-refractivity contribution is 7.11. The van der Waals surface area contributed by atoms with Crippen LogP contribution in [0.1, 0.15) is 50.8 Å². The Kier molecular flexibility index (Phi) is 8.54. The molecular weight excluding hydrogens is 437 g/mol. The first-order valence-electron chi connectivity index (χ1n) is 9.56. The van der Waals surface area contributed by atoms with Crippen LogP contribution >= 0.6 is 22.9 Å². The third kappa shape index (κ3) is 5.07. The maximum Gasteiger partial charge on any atom is 0.334 e. The number of anilines is 1. The standard InChI is InChI=1S/C20H23ClFNO6S/c1-4-14(24)23(19(26)11-8-6-7-9-12(11)20(27)28-3)17-16(21)13(30-18(17)22)10-15(25)29-5-2/h4-10H2,1-3H3. The molecule has 7 nitrogen and oxygen atoms in total. The van der Waals surface area contributed by atoms with E-state index in [1.807, 2.05) is 0 Å². The van der Waals surface area contributed by atoms with Crippen molar-refractivity contribution in [3.63, 3.8) is 0 Å². The molecule has 1 aliphatic rings. The summed E-state index contributed by atoms with van der Waals surface area (Å²) in [4.78, 5) is 50.6. The molecule has 1 aliphatic carbocycles. The lowest BCUT2D eigenvalue weighted by atomic mass is 9.90. The molecular formula is C20H23ClFNO6S. The number of carbonyl (C=O) groups excluding carboxylic acids is 4. The van der Waals surface area contributed by atoms with E-state index in [0.29, 0.717) is 35.5 Å². The monoisotopic (exact) mass is 459 g/mol. The molecule has 0 bridgehead atoms. The van der Waals surface area contributed by atoms with E-state index in [1.54, 1.807) is 6.92 Å². The molecule has 0 aliphatic heterocycles. The summed E-state index contributed by atoms with van der Waals surface area (Å²) in [5, 5.41) is -1.07. The maximum absolute atomic E-state index is 14.8. The fourth-order valence-corrected chi connectivity index (χ4v) is 4.47. The lowest BCUT2D eigenvalue weighted by molar-refractivity contribution is -0.142. The fraction of sp³-hybridized carbons (Fsp3) is 0.500. The largest absolute Gasteiger partial charge is 0.466 e. The Hall–Kier alpha value is -2.26. The summed E-state index contributed by atoms with van der Waals surface area (Å²) in [5.74, 6) is -2.73. The van der Waals surface area contributed by atoms with Gasteiger partial charge in [0.25, 0.3) is 5.91 Å². The van der Waals surface area contributed by atoms with Crippen molar-refractivity contribution in [2.45, 2.75) is 52.4 Å². The zero-order chi connectivity index (χ0) is 22.4. The summed E-state index contributed by atoms with van der Waals surface area (Å²) >= 11 is 6.86. The Bertz CT molecular complexity index is 894. The maximum atomic E-state index is 14.8. The van der Waals surface area contributed by atoms with Crippen molar-refractivity contribution in [2.75, 3.05) is 18.6 Å². The highest BCUT2D eigenvalue weighted by Crippen LogP contribution is 2.41. The number of methoxy groups -OCH3 is 1. The number of rotatable bonds is 7. The molecule has 0 atom stereocenters. The van der Waals surface area contributed by atoms with Crippen molar-refractivity contribution in [3.8, 4) is 0 Å². The molecule has 1 heterocycles. The summed E-state index contributed by atoms with van der Waals surface area (Å²) in [6.07, 6.45) is 1.55. The van der Waals surface area contributed by atoms with Gasteiger partial charge in [-0.05, 0) is 32.6 Å². The lowest BCUT2D eigenvalue weighted by Gasteiger charge is -2.25. The number of esters is 2. The first-order chi connectivity index (χ1) is 14.3. The van der Waals surface area contributed by atoms with Crippen molar-refractivity contribution in [1.29, 1.82) is 0 Å². The van der Waals surface area contributed by atoms with E-state index in [1.165, 1.54) is 14.0 Å². The Labute approximate surface area is 182 Å². The topological polar surface area (TPSA) is 90.0 Å². The number of amides is 2. The van der Waals surface area contributed by atoms with Crippen molar-refractivity contribution in [3.05, 3.63) is 26.2 Å². The summed E-state index contributed by atoms with van der Waals surface area (Å²) in [6.45, 7) is 3.31. The minimum absolute atomic E-state index is 0.0919. The summed E-state index contributed by atoms with van der Waals surface area (Å²) in [6, 6.07) is 0. The molecule has 30 heavy (non-hydrogen) atoms. The lowest BCUT2D eigenvalue weighted by Crippen LogP contribution is -2.39. The number of hydrogen-bond acceptors (Lipinski definition) is 7. The van der Waals surface area contributed by atoms with Gasteiger partial charge in [-0.2, -0.15) is 4.39 Å². The molecule has 0 unspecified atom stereocenters. The molecule has 10 heteroatoms. The Morgan fingerprint density at radius 2 is 1.77 bits per heavy atom. The zero-order valence-electron chi connectivity index (χ0n) is 17.0. The van der Waals surface area contributed by atoms with Crippen LogP contribution in [-0.4, -0.2) is 37.5 Å². The van der Waals surface area contributed by atoms with Crippen molar-refractivity contribution in [2.24, 2.45) is 0 Å². The summed E-state index contributed by atoms with van der Waals surface area (Å²) < 4.78 is 24.4. The molecule has 0 saturated heterocycles. The highest BCUT2D eigenvalue weighted by atomic mass is 35.5. The van der Waals surface area contributed by atoms with Gasteiger partial charge in [0, 0.05) is 22.4 Å². The molecule has 1 aromatic heterocycles. The molecule has 0 aromatic carbocycles. The van der Waals surface area contributed by atoms with Crippen LogP contribution in [0.3, 0.4) is 0 Å². The van der Waals surface area contributed by atoms with Crippen molar-refractivity contribution in [1.82, 2.24) is 0 Å². The van der Waals surface area contributed by atoms with Crippen LogP contribution in [0.4, 0.5) is 10.1 Å². The normalized spacial score (nSPS) is 13.8. The SMILES string of the molecule is CCOC(=O)Cc1sc(F)c(N(C(=O)CC)C(=O)C2=C(C(=O)OC)CCCC2)c1Cl. The molecule has 0 fully saturated rings. The first-order valence-corrected chi connectivity index (χ1v) is 10.8. The van der Waals surface area contributed by atoms with Gasteiger partial charge in [0.2, 0.25) is 11.0 Å². The first kappa shape index (κ1) is 24.0. The van der Waals surface area contributed by atoms with Crippen LogP contribution in [0.5, 0.6) is 0 Å². The number of imide groups is 1. The van der Waals surface area contributed by atoms with E-state index in [0.717, 1.165) is 0 Å². The van der Waals surface area contributed by atoms with Gasteiger partial charge in [-0.15, -0.1) is 11.3 Å². The van der Waals surface area contributed by atoms with E-state index in [-0.39, 0.29) is 46.9 Å². The molecule has 0 N–H and O–H groups in total. The molecule has 164 valence electrons. The van der Waals surface area contributed by atoms with E-state index in [9.17, 15) is 23.6 Å². The molecule has 2 rings (SSSR count). The van der Waals surface area contributed by atoms with Gasteiger partial charge in [0.05, 0.1) is 25.2 Å². The second-order valence-electron chi connectivity index (χ2n) is 6.49. The second-order valence-corrected chi connectivity index (χ2v) is 7.92. The van der Waals surface area contributed by atoms with Crippen LogP contribution < -0.4 is 4.90 Å². The summed E-state index contributed by atoms with van der Waals surface area (Å²) in [5.41, 5.74) is -0.107. The fourth-order valence-electron chi connectivity index (χ4n) is 3.18. The van der Waals surface area contributed by atoms with Gasteiger partial charge in [-0.25, -0.2) is 9.69 Å². The van der Waals surface area contributed by atoms with Crippen LogP contribution in [0.15, 0.2) is 11.1 Å². The number of ether oxygens (including phenoxy) is 2. The van der Waals surface area contributed by atoms with Gasteiger partial charge in [0.15, 0.2) is 0 Å². The van der Waals surface area contributed by atoms with E-state index in [4.69, 9.17) is 21.1 Å². The second kappa shape index (κ2) is 10.7. The average Bonchev–Trinajstić information content (AvgIpc) is 3.00. The predicted molar refractivity (Wildman–Crippen MR) is 110 cm³/mol. The molecule has 1 aromatic rings. The third-order valence-electron chi connectivity index (χ3n) is 4.60. The van der Waals surface area contributed by atoms with Crippen LogP contribution in [-0.2, 0) is 35.1 Å². The number of halogens is 2. The van der Waals surface area contributed by atoms with E-state index < -0.39 is 34.6 Å². The van der Waals surface area contributed by atoms with Gasteiger partial charge in [-0.1, -0.05) is 18.5 Å². The molecule has 0 saturated carbocycles. The Balaban J connectivity index is 2.53. The van der Waals surface area contributed by atoms with Gasteiger partial charge >= 0.3 is 11.9 Å². The smallest absolute Gasteiger partial charge is 0.334 e. The molecule has 0 spiro atoms. The minimum atomic E-state index is -0.870. The zero-order valence-corrected chi connectivity index (χ0v) is 18.6.